The lowest BCUT2D eigenvalue weighted by Crippen LogP contribution is -2.09. The fraction of sp³-hybridized carbons (Fsp3) is 0.556. The Kier molecular flexibility index (Phi) is 11.2. The summed E-state index contributed by atoms with van der Waals surface area (Å²) in [5.41, 5.74) is 3.30. The number of nitrogens with zero attached hydrogens (tertiary/aromatic N) is 1. The molecule has 0 saturated carbocycles. The van der Waals surface area contributed by atoms with E-state index in [2.05, 4.69) is 37.9 Å². The largest absolute Gasteiger partial charge is 0.427 e. The van der Waals surface area contributed by atoms with Gasteiger partial charge in [0.05, 0.1) is 5.69 Å². The number of hydrogen-bond donors (Lipinski definition) is 0. The summed E-state index contributed by atoms with van der Waals surface area (Å²) in [6.45, 7) is 6.57. The molecule has 1 unspecified atom stereocenters. The minimum absolute atomic E-state index is 0.157. The number of unbranched alkanes of at least 4 members (excludes halogenated alkanes) is 6. The SMILES string of the molecule is CCCCCCCCCc1ccc(-c2ccc(OC(=O)CCC(C)CC)cc2)nc1. The number of hydrogen-bond acceptors (Lipinski definition) is 3. The third kappa shape index (κ3) is 9.11. The molecule has 2 rings (SSSR count). The van der Waals surface area contributed by atoms with Crippen LogP contribution in [-0.2, 0) is 11.2 Å². The van der Waals surface area contributed by atoms with Crippen molar-refractivity contribution in [3.8, 4) is 17.0 Å². The van der Waals surface area contributed by atoms with Crippen LogP contribution in [0.5, 0.6) is 5.75 Å². The molecule has 1 aromatic carbocycles. The van der Waals surface area contributed by atoms with Crippen LogP contribution in [0.25, 0.3) is 11.3 Å². The molecule has 1 aromatic heterocycles. The summed E-state index contributed by atoms with van der Waals surface area (Å²) in [7, 11) is 0. The summed E-state index contributed by atoms with van der Waals surface area (Å²) in [6, 6.07) is 11.9. The standard InChI is InChI=1S/C27H39NO2/c1-4-6-7-8-9-10-11-12-23-14-19-26(28-21-23)24-15-17-25(18-16-24)30-27(29)20-13-22(3)5-2/h14-19,21-22H,4-13,20H2,1-3H3. The van der Waals surface area contributed by atoms with Gasteiger partial charge in [-0.05, 0) is 61.1 Å². The monoisotopic (exact) mass is 409 g/mol. The van der Waals surface area contributed by atoms with Crippen molar-refractivity contribution in [2.75, 3.05) is 0 Å². The molecule has 3 nitrogen and oxygen atoms in total. The first-order chi connectivity index (χ1) is 14.6. The summed E-state index contributed by atoms with van der Waals surface area (Å²) in [4.78, 5) is 16.6. The molecule has 0 fully saturated rings. The number of ether oxygens (including phenoxy) is 1. The van der Waals surface area contributed by atoms with Crippen molar-refractivity contribution < 1.29 is 9.53 Å². The molecule has 3 heteroatoms. The summed E-state index contributed by atoms with van der Waals surface area (Å²) >= 11 is 0. The molecule has 0 saturated heterocycles. The number of benzene rings is 1. The predicted octanol–water partition coefficient (Wildman–Crippen LogP) is 7.77. The van der Waals surface area contributed by atoms with E-state index >= 15 is 0 Å². The number of rotatable bonds is 14. The maximum absolute atomic E-state index is 12.0. The molecule has 0 bridgehead atoms. The Bertz CT molecular complexity index is 722. The van der Waals surface area contributed by atoms with E-state index < -0.39 is 0 Å². The van der Waals surface area contributed by atoms with E-state index in [-0.39, 0.29) is 5.97 Å². The molecule has 0 aliphatic rings. The lowest BCUT2D eigenvalue weighted by molar-refractivity contribution is -0.134. The third-order valence-corrected chi connectivity index (χ3v) is 5.81. The molecular weight excluding hydrogens is 370 g/mol. The molecular formula is C27H39NO2. The lowest BCUT2D eigenvalue weighted by Gasteiger charge is -2.09. The van der Waals surface area contributed by atoms with Crippen LogP contribution in [0.1, 0.15) is 90.5 Å². The van der Waals surface area contributed by atoms with Gasteiger partial charge in [0.25, 0.3) is 0 Å². The van der Waals surface area contributed by atoms with Gasteiger partial charge in [0.1, 0.15) is 5.75 Å². The van der Waals surface area contributed by atoms with Crippen LogP contribution >= 0.6 is 0 Å². The lowest BCUT2D eigenvalue weighted by atomic mass is 10.0. The second-order valence-corrected chi connectivity index (χ2v) is 8.47. The highest BCUT2D eigenvalue weighted by atomic mass is 16.5. The van der Waals surface area contributed by atoms with Gasteiger partial charge >= 0.3 is 5.97 Å². The Balaban J connectivity index is 1.76. The topological polar surface area (TPSA) is 39.2 Å². The van der Waals surface area contributed by atoms with Gasteiger partial charge in [-0.1, -0.05) is 71.8 Å². The van der Waals surface area contributed by atoms with Gasteiger partial charge in [-0.25, -0.2) is 0 Å². The van der Waals surface area contributed by atoms with Crippen molar-refractivity contribution in [3.05, 3.63) is 48.2 Å². The van der Waals surface area contributed by atoms with Crippen molar-refractivity contribution in [1.29, 1.82) is 0 Å². The zero-order chi connectivity index (χ0) is 21.6. The Morgan fingerprint density at radius 2 is 1.63 bits per heavy atom. The van der Waals surface area contributed by atoms with Gasteiger partial charge < -0.3 is 4.74 Å². The molecule has 1 atom stereocenters. The summed E-state index contributed by atoms with van der Waals surface area (Å²) < 4.78 is 5.45. The third-order valence-electron chi connectivity index (χ3n) is 5.81. The maximum Gasteiger partial charge on any atom is 0.311 e. The van der Waals surface area contributed by atoms with E-state index in [4.69, 9.17) is 4.74 Å². The van der Waals surface area contributed by atoms with Crippen LogP contribution in [0.15, 0.2) is 42.6 Å². The summed E-state index contributed by atoms with van der Waals surface area (Å²) in [5, 5.41) is 0. The highest BCUT2D eigenvalue weighted by molar-refractivity contribution is 5.72. The zero-order valence-electron chi connectivity index (χ0n) is 19.2. The van der Waals surface area contributed by atoms with E-state index in [0.29, 0.717) is 18.1 Å². The van der Waals surface area contributed by atoms with Gasteiger partial charge in [-0.3, -0.25) is 9.78 Å². The average molecular weight is 410 g/mol. The average Bonchev–Trinajstić information content (AvgIpc) is 2.78. The van der Waals surface area contributed by atoms with E-state index in [1.54, 1.807) is 0 Å². The molecule has 2 aromatic rings. The van der Waals surface area contributed by atoms with Crippen molar-refractivity contribution in [2.45, 2.75) is 91.4 Å². The normalized spacial score (nSPS) is 12.0. The summed E-state index contributed by atoms with van der Waals surface area (Å²) in [5.74, 6) is 0.999. The first-order valence-corrected chi connectivity index (χ1v) is 11.9. The second-order valence-electron chi connectivity index (χ2n) is 8.47. The number of carbonyl (C=O) groups excluding carboxylic acids is 1. The van der Waals surface area contributed by atoms with Crippen LogP contribution in [-0.4, -0.2) is 11.0 Å². The highest BCUT2D eigenvalue weighted by Crippen LogP contribution is 2.22. The van der Waals surface area contributed by atoms with E-state index in [1.807, 2.05) is 30.5 Å². The first kappa shape index (κ1) is 24.1. The Hall–Kier alpha value is -2.16. The van der Waals surface area contributed by atoms with Crippen molar-refractivity contribution in [2.24, 2.45) is 5.92 Å². The van der Waals surface area contributed by atoms with Crippen molar-refractivity contribution in [1.82, 2.24) is 4.98 Å². The highest BCUT2D eigenvalue weighted by Gasteiger charge is 2.08. The van der Waals surface area contributed by atoms with Gasteiger partial charge in [0, 0.05) is 18.2 Å². The molecule has 0 radical (unpaired) electrons. The van der Waals surface area contributed by atoms with Crippen LogP contribution in [0, 0.1) is 5.92 Å². The van der Waals surface area contributed by atoms with Crippen LogP contribution in [0.2, 0.25) is 0 Å². The Morgan fingerprint density at radius 3 is 2.27 bits per heavy atom. The van der Waals surface area contributed by atoms with Crippen molar-refractivity contribution >= 4 is 5.97 Å². The minimum atomic E-state index is -0.157. The van der Waals surface area contributed by atoms with Gasteiger partial charge in [-0.2, -0.15) is 0 Å². The number of pyridine rings is 1. The molecule has 0 N–H and O–H groups in total. The molecule has 0 amide bonds. The quantitative estimate of drug-likeness (QED) is 0.182. The molecule has 0 spiro atoms. The van der Waals surface area contributed by atoms with E-state index in [1.165, 1.54) is 50.5 Å². The smallest absolute Gasteiger partial charge is 0.311 e. The van der Waals surface area contributed by atoms with Crippen LogP contribution in [0.3, 0.4) is 0 Å². The fourth-order valence-electron chi connectivity index (χ4n) is 3.47. The number of aryl methyl sites for hydroxylation is 1. The molecule has 0 aliphatic heterocycles. The molecule has 1 heterocycles. The van der Waals surface area contributed by atoms with Gasteiger partial charge in [0.15, 0.2) is 0 Å². The van der Waals surface area contributed by atoms with Crippen LogP contribution in [0.4, 0.5) is 0 Å². The van der Waals surface area contributed by atoms with Crippen LogP contribution < -0.4 is 4.74 Å². The Labute approximate surface area is 183 Å². The predicted molar refractivity (Wildman–Crippen MR) is 126 cm³/mol. The molecule has 0 aliphatic carbocycles. The number of aromatic nitrogens is 1. The van der Waals surface area contributed by atoms with E-state index in [0.717, 1.165) is 30.5 Å². The molecule has 164 valence electrons. The van der Waals surface area contributed by atoms with Crippen molar-refractivity contribution in [3.63, 3.8) is 0 Å². The maximum atomic E-state index is 12.0. The first-order valence-electron chi connectivity index (χ1n) is 11.9. The second kappa shape index (κ2) is 14.0. The minimum Gasteiger partial charge on any atom is -0.427 e. The van der Waals surface area contributed by atoms with E-state index in [9.17, 15) is 4.79 Å². The van der Waals surface area contributed by atoms with Gasteiger partial charge in [0.2, 0.25) is 0 Å². The Morgan fingerprint density at radius 1 is 0.933 bits per heavy atom. The summed E-state index contributed by atoms with van der Waals surface area (Å²) in [6.07, 6.45) is 14.9. The number of carbonyl (C=O) groups is 1. The molecule has 30 heavy (non-hydrogen) atoms. The number of esters is 1. The zero-order valence-corrected chi connectivity index (χ0v) is 19.2. The fourth-order valence-corrected chi connectivity index (χ4v) is 3.47. The van der Waals surface area contributed by atoms with Gasteiger partial charge in [-0.15, -0.1) is 0 Å².